The summed E-state index contributed by atoms with van der Waals surface area (Å²) in [6.45, 7) is 9.66. The van der Waals surface area contributed by atoms with E-state index >= 15 is 0 Å². The molecule has 106 valence electrons. The molecular weight excluding hydrogens is 236 g/mol. The van der Waals surface area contributed by atoms with Crippen LogP contribution in [-0.4, -0.2) is 30.6 Å². The zero-order valence-electron chi connectivity index (χ0n) is 13.0. The van der Waals surface area contributed by atoms with Gasteiger partial charge in [0.15, 0.2) is 0 Å². The average Bonchev–Trinajstić information content (AvgIpc) is 3.11. The molecule has 0 bridgehead atoms. The largest absolute Gasteiger partial charge is 0.373 e. The van der Waals surface area contributed by atoms with E-state index in [2.05, 4.69) is 49.9 Å². The van der Waals surface area contributed by atoms with Crippen molar-refractivity contribution >= 4 is 11.6 Å². The Morgan fingerprint density at radius 3 is 2.37 bits per heavy atom. The third-order valence-corrected chi connectivity index (χ3v) is 3.62. The minimum Gasteiger partial charge on any atom is -0.373 e. The lowest BCUT2D eigenvalue weighted by Gasteiger charge is -2.25. The molecule has 0 aliphatic heterocycles. The van der Waals surface area contributed by atoms with Crippen LogP contribution in [0.2, 0.25) is 0 Å². The molecule has 1 N–H and O–H groups in total. The van der Waals surface area contributed by atoms with E-state index in [9.17, 15) is 0 Å². The first kappa shape index (κ1) is 14.1. The summed E-state index contributed by atoms with van der Waals surface area (Å²) >= 11 is 0. The van der Waals surface area contributed by atoms with Gasteiger partial charge in [-0.3, -0.25) is 0 Å². The molecule has 1 saturated carbocycles. The van der Waals surface area contributed by atoms with Gasteiger partial charge in [-0.15, -0.1) is 0 Å². The number of hydrogen-bond acceptors (Lipinski definition) is 4. The van der Waals surface area contributed by atoms with Crippen LogP contribution < -0.4 is 10.2 Å². The summed E-state index contributed by atoms with van der Waals surface area (Å²) in [5.74, 6) is 3.77. The summed E-state index contributed by atoms with van der Waals surface area (Å²) < 4.78 is 0. The molecule has 1 fully saturated rings. The molecule has 0 radical (unpaired) electrons. The molecule has 0 unspecified atom stereocenters. The van der Waals surface area contributed by atoms with E-state index in [1.807, 2.05) is 7.05 Å². The van der Waals surface area contributed by atoms with Gasteiger partial charge < -0.3 is 10.2 Å². The quantitative estimate of drug-likeness (QED) is 0.905. The van der Waals surface area contributed by atoms with Crippen LogP contribution in [0, 0.1) is 12.8 Å². The normalized spacial score (nSPS) is 15.5. The number of hydrogen-bond donors (Lipinski definition) is 1. The van der Waals surface area contributed by atoms with Gasteiger partial charge in [-0.1, -0.05) is 20.8 Å². The van der Waals surface area contributed by atoms with Gasteiger partial charge in [-0.25, -0.2) is 9.97 Å². The van der Waals surface area contributed by atoms with Crippen molar-refractivity contribution in [2.75, 3.05) is 30.9 Å². The van der Waals surface area contributed by atoms with Crippen LogP contribution >= 0.6 is 0 Å². The summed E-state index contributed by atoms with van der Waals surface area (Å²) in [6.07, 6.45) is 2.72. The first-order valence-electron chi connectivity index (χ1n) is 7.11. The van der Waals surface area contributed by atoms with Crippen molar-refractivity contribution in [3.63, 3.8) is 0 Å². The van der Waals surface area contributed by atoms with Gasteiger partial charge in [-0.2, -0.15) is 0 Å². The fourth-order valence-electron chi connectivity index (χ4n) is 2.23. The minimum absolute atomic E-state index is 0.0333. The topological polar surface area (TPSA) is 41.1 Å². The van der Waals surface area contributed by atoms with Gasteiger partial charge in [0.1, 0.15) is 17.5 Å². The Bertz CT molecular complexity index is 458. The molecule has 4 nitrogen and oxygen atoms in total. The van der Waals surface area contributed by atoms with Crippen LogP contribution in [0.25, 0.3) is 0 Å². The Kier molecular flexibility index (Phi) is 3.70. The second-order valence-electron chi connectivity index (χ2n) is 6.67. The van der Waals surface area contributed by atoms with E-state index in [1.54, 1.807) is 0 Å². The molecule has 19 heavy (non-hydrogen) atoms. The second kappa shape index (κ2) is 4.99. The van der Waals surface area contributed by atoms with Crippen molar-refractivity contribution in [2.24, 2.45) is 5.92 Å². The summed E-state index contributed by atoms with van der Waals surface area (Å²) in [7, 11) is 4.06. The number of nitrogens with zero attached hydrogens (tertiary/aromatic N) is 3. The van der Waals surface area contributed by atoms with E-state index in [4.69, 9.17) is 4.98 Å². The highest BCUT2D eigenvalue weighted by Crippen LogP contribution is 2.33. The van der Waals surface area contributed by atoms with Crippen molar-refractivity contribution in [3.8, 4) is 0 Å². The van der Waals surface area contributed by atoms with Crippen molar-refractivity contribution in [3.05, 3.63) is 11.4 Å². The first-order chi connectivity index (χ1) is 8.82. The molecule has 0 saturated heterocycles. The Hall–Kier alpha value is -1.32. The fourth-order valence-corrected chi connectivity index (χ4v) is 2.23. The standard InChI is InChI=1S/C15H26N4/c1-10-12(16-5)17-14(15(2,3)4)18-13(10)19(6)9-11-7-8-11/h11H,7-9H2,1-6H3,(H,16,17,18). The number of anilines is 2. The Balaban J connectivity index is 2.39. The van der Waals surface area contributed by atoms with Crippen LogP contribution in [0.15, 0.2) is 0 Å². The molecule has 0 amide bonds. The minimum atomic E-state index is -0.0333. The van der Waals surface area contributed by atoms with Gasteiger partial charge in [-0.05, 0) is 25.7 Å². The predicted molar refractivity (Wildman–Crippen MR) is 81.0 cm³/mol. The van der Waals surface area contributed by atoms with Gasteiger partial charge >= 0.3 is 0 Å². The van der Waals surface area contributed by atoms with E-state index < -0.39 is 0 Å². The third-order valence-electron chi connectivity index (χ3n) is 3.62. The van der Waals surface area contributed by atoms with Gasteiger partial charge in [0.2, 0.25) is 0 Å². The summed E-state index contributed by atoms with van der Waals surface area (Å²) in [5.41, 5.74) is 1.10. The third kappa shape index (κ3) is 3.17. The molecule has 1 aliphatic carbocycles. The lowest BCUT2D eigenvalue weighted by molar-refractivity contribution is 0.544. The van der Waals surface area contributed by atoms with E-state index in [1.165, 1.54) is 12.8 Å². The maximum Gasteiger partial charge on any atom is 0.138 e. The molecular formula is C15H26N4. The summed E-state index contributed by atoms with van der Waals surface area (Å²) in [6, 6.07) is 0. The number of rotatable bonds is 4. The van der Waals surface area contributed by atoms with Gasteiger partial charge in [0.25, 0.3) is 0 Å². The Morgan fingerprint density at radius 1 is 1.26 bits per heavy atom. The zero-order valence-corrected chi connectivity index (χ0v) is 13.0. The lowest BCUT2D eigenvalue weighted by Crippen LogP contribution is -2.26. The maximum absolute atomic E-state index is 4.81. The lowest BCUT2D eigenvalue weighted by atomic mass is 9.95. The van der Waals surface area contributed by atoms with Crippen molar-refractivity contribution in [2.45, 2.75) is 46.0 Å². The van der Waals surface area contributed by atoms with Crippen LogP contribution in [0.1, 0.15) is 45.0 Å². The van der Waals surface area contributed by atoms with Gasteiger partial charge in [0, 0.05) is 31.6 Å². The number of nitrogens with one attached hydrogen (secondary N) is 1. The molecule has 1 aliphatic rings. The van der Waals surface area contributed by atoms with Crippen molar-refractivity contribution < 1.29 is 0 Å². The molecule has 0 aromatic carbocycles. The smallest absolute Gasteiger partial charge is 0.138 e. The highest BCUT2D eigenvalue weighted by atomic mass is 15.2. The summed E-state index contributed by atoms with van der Waals surface area (Å²) in [5, 5.41) is 3.19. The Morgan fingerprint density at radius 2 is 1.89 bits per heavy atom. The van der Waals surface area contributed by atoms with Crippen LogP contribution in [0.4, 0.5) is 11.6 Å². The SMILES string of the molecule is CNc1nc(C(C)(C)C)nc(N(C)CC2CC2)c1C. The van der Waals surface area contributed by atoms with E-state index in [0.717, 1.165) is 35.5 Å². The summed E-state index contributed by atoms with van der Waals surface area (Å²) in [4.78, 5) is 11.7. The van der Waals surface area contributed by atoms with E-state index in [-0.39, 0.29) is 5.41 Å². The van der Waals surface area contributed by atoms with Gasteiger partial charge in [0.05, 0.1) is 0 Å². The van der Waals surface area contributed by atoms with E-state index in [0.29, 0.717) is 0 Å². The maximum atomic E-state index is 4.81. The number of aromatic nitrogens is 2. The molecule has 0 spiro atoms. The molecule has 0 atom stereocenters. The van der Waals surface area contributed by atoms with Crippen LogP contribution in [0.3, 0.4) is 0 Å². The molecule has 2 rings (SSSR count). The first-order valence-corrected chi connectivity index (χ1v) is 7.11. The average molecular weight is 262 g/mol. The van der Waals surface area contributed by atoms with Crippen LogP contribution in [-0.2, 0) is 5.41 Å². The predicted octanol–water partition coefficient (Wildman–Crippen LogP) is 2.97. The van der Waals surface area contributed by atoms with Crippen molar-refractivity contribution in [1.29, 1.82) is 0 Å². The highest BCUT2D eigenvalue weighted by Gasteiger charge is 2.26. The molecule has 4 heteroatoms. The van der Waals surface area contributed by atoms with Crippen molar-refractivity contribution in [1.82, 2.24) is 9.97 Å². The monoisotopic (exact) mass is 262 g/mol. The second-order valence-corrected chi connectivity index (χ2v) is 6.67. The molecule has 1 heterocycles. The molecule has 1 aromatic rings. The van der Waals surface area contributed by atoms with Crippen LogP contribution in [0.5, 0.6) is 0 Å². The zero-order chi connectivity index (χ0) is 14.2. The Labute approximate surface area is 116 Å². The fraction of sp³-hybridized carbons (Fsp3) is 0.733. The molecule has 1 aromatic heterocycles. The highest BCUT2D eigenvalue weighted by molar-refractivity contribution is 5.58.